The molecule has 0 radical (unpaired) electrons. The van der Waals surface area contributed by atoms with Crippen molar-refractivity contribution >= 4 is 0 Å². The van der Waals surface area contributed by atoms with Crippen LogP contribution in [-0.2, 0) is 4.74 Å². The molecule has 1 saturated carbocycles. The number of halogens is 2. The molecule has 104 valence electrons. The molecule has 0 aliphatic heterocycles. The van der Waals surface area contributed by atoms with Crippen LogP contribution in [0.3, 0.4) is 0 Å². The van der Waals surface area contributed by atoms with E-state index in [1.165, 1.54) is 12.1 Å². The third kappa shape index (κ3) is 3.87. The molecule has 1 aromatic carbocycles. The highest BCUT2D eigenvalue weighted by molar-refractivity contribution is 5.22. The third-order valence-electron chi connectivity index (χ3n) is 3.86. The normalized spacial score (nSPS) is 23.9. The molecule has 0 amide bonds. The molecule has 1 aromatic rings. The topological polar surface area (TPSA) is 9.23 Å². The molecule has 3 heteroatoms. The maximum absolute atomic E-state index is 13.2. The Morgan fingerprint density at radius 2 is 1.89 bits per heavy atom. The Morgan fingerprint density at radius 1 is 1.16 bits per heavy atom. The Hall–Kier alpha value is -1.22. The van der Waals surface area contributed by atoms with Gasteiger partial charge in [0.1, 0.15) is 0 Å². The largest absolute Gasteiger partial charge is 0.381 e. The minimum Gasteiger partial charge on any atom is -0.381 e. The van der Waals surface area contributed by atoms with Crippen molar-refractivity contribution in [3.63, 3.8) is 0 Å². The summed E-state index contributed by atoms with van der Waals surface area (Å²) < 4.78 is 31.1. The first-order valence-corrected chi connectivity index (χ1v) is 6.81. The van der Waals surface area contributed by atoms with E-state index in [9.17, 15) is 8.78 Å². The number of hydrogen-bond acceptors (Lipinski definition) is 1. The summed E-state index contributed by atoms with van der Waals surface area (Å²) >= 11 is 0. The zero-order valence-electron chi connectivity index (χ0n) is 11.2. The Kier molecular flexibility index (Phi) is 5.08. The first kappa shape index (κ1) is 14.2. The number of hydrogen-bond donors (Lipinski definition) is 0. The number of rotatable bonds is 4. The third-order valence-corrected chi connectivity index (χ3v) is 3.86. The number of benzene rings is 1. The van der Waals surface area contributed by atoms with Crippen LogP contribution >= 0.6 is 0 Å². The van der Waals surface area contributed by atoms with Gasteiger partial charge in [0.15, 0.2) is 11.6 Å². The summed E-state index contributed by atoms with van der Waals surface area (Å²) in [7, 11) is 1.68. The van der Waals surface area contributed by atoms with Crippen molar-refractivity contribution in [1.82, 2.24) is 0 Å². The quantitative estimate of drug-likeness (QED) is 0.732. The van der Waals surface area contributed by atoms with E-state index in [2.05, 4.69) is 12.2 Å². The highest BCUT2D eigenvalue weighted by Crippen LogP contribution is 2.36. The van der Waals surface area contributed by atoms with Gasteiger partial charge in [0.2, 0.25) is 0 Å². The van der Waals surface area contributed by atoms with Gasteiger partial charge in [0.05, 0.1) is 6.61 Å². The minimum atomic E-state index is -0.764. The smallest absolute Gasteiger partial charge is 0.159 e. The highest BCUT2D eigenvalue weighted by atomic mass is 19.2. The second-order valence-corrected chi connectivity index (χ2v) is 5.17. The Balaban J connectivity index is 1.90. The van der Waals surface area contributed by atoms with Gasteiger partial charge in [-0.3, -0.25) is 0 Å². The van der Waals surface area contributed by atoms with Gasteiger partial charge >= 0.3 is 0 Å². The van der Waals surface area contributed by atoms with Crippen LogP contribution in [0, 0.1) is 17.6 Å². The van der Waals surface area contributed by atoms with E-state index in [0.717, 1.165) is 31.2 Å². The van der Waals surface area contributed by atoms with E-state index in [1.807, 2.05) is 0 Å². The summed E-state index contributed by atoms with van der Waals surface area (Å²) in [6.45, 7) is 0.656. The lowest BCUT2D eigenvalue weighted by Crippen LogP contribution is -2.12. The van der Waals surface area contributed by atoms with Crippen molar-refractivity contribution in [2.75, 3.05) is 13.7 Å². The molecule has 1 fully saturated rings. The number of allylic oxidation sites excluding steroid dienone is 1. The maximum atomic E-state index is 13.2. The molecule has 0 unspecified atom stereocenters. The van der Waals surface area contributed by atoms with Gasteiger partial charge in [0.25, 0.3) is 0 Å². The summed E-state index contributed by atoms with van der Waals surface area (Å²) in [5, 5.41) is 0. The first-order chi connectivity index (χ1) is 9.20. The summed E-state index contributed by atoms with van der Waals surface area (Å²) in [5.74, 6) is -0.543. The van der Waals surface area contributed by atoms with Crippen molar-refractivity contribution in [3.8, 4) is 0 Å². The van der Waals surface area contributed by atoms with Crippen molar-refractivity contribution in [1.29, 1.82) is 0 Å². The molecule has 19 heavy (non-hydrogen) atoms. The van der Waals surface area contributed by atoms with Crippen molar-refractivity contribution in [2.24, 2.45) is 5.92 Å². The van der Waals surface area contributed by atoms with Crippen LogP contribution in [0.15, 0.2) is 30.4 Å². The molecule has 0 atom stereocenters. The van der Waals surface area contributed by atoms with Crippen molar-refractivity contribution < 1.29 is 13.5 Å². The predicted molar refractivity (Wildman–Crippen MR) is 72.1 cm³/mol. The zero-order valence-corrected chi connectivity index (χ0v) is 11.2. The van der Waals surface area contributed by atoms with Gasteiger partial charge in [0, 0.05) is 7.11 Å². The van der Waals surface area contributed by atoms with E-state index in [4.69, 9.17) is 4.74 Å². The van der Waals surface area contributed by atoms with E-state index in [0.29, 0.717) is 18.4 Å². The second kappa shape index (κ2) is 6.80. The van der Waals surface area contributed by atoms with E-state index in [-0.39, 0.29) is 0 Å². The van der Waals surface area contributed by atoms with Crippen LogP contribution in [0.2, 0.25) is 0 Å². The van der Waals surface area contributed by atoms with Gasteiger partial charge in [-0.1, -0.05) is 18.2 Å². The van der Waals surface area contributed by atoms with Crippen molar-refractivity contribution in [3.05, 3.63) is 47.5 Å². The molecule has 2 rings (SSSR count). The lowest BCUT2D eigenvalue weighted by Gasteiger charge is -2.27. The molecule has 1 nitrogen and oxygen atoms in total. The standard InChI is InChI=1S/C16H20F2O/c1-19-10-2-3-12-4-6-13(7-5-12)14-8-9-15(17)16(18)11-14/h2-3,8-9,11-13H,4-7,10H2,1H3/b3-2+/t12-,13-. The van der Waals surface area contributed by atoms with E-state index in [1.54, 1.807) is 13.2 Å². The fourth-order valence-corrected chi connectivity index (χ4v) is 2.76. The minimum absolute atomic E-state index is 0.363. The zero-order chi connectivity index (χ0) is 13.7. The monoisotopic (exact) mass is 266 g/mol. The molecular formula is C16H20F2O. The van der Waals surface area contributed by atoms with Gasteiger partial charge in [-0.25, -0.2) is 8.78 Å². The molecular weight excluding hydrogens is 246 g/mol. The Bertz CT molecular complexity index is 434. The Labute approximate surface area is 113 Å². The average molecular weight is 266 g/mol. The first-order valence-electron chi connectivity index (χ1n) is 6.81. The van der Waals surface area contributed by atoms with Crippen LogP contribution in [0.25, 0.3) is 0 Å². The van der Waals surface area contributed by atoms with E-state index < -0.39 is 11.6 Å². The summed E-state index contributed by atoms with van der Waals surface area (Å²) in [6.07, 6.45) is 8.54. The molecule has 0 bridgehead atoms. The fraction of sp³-hybridized carbons (Fsp3) is 0.500. The average Bonchev–Trinajstić information content (AvgIpc) is 2.43. The molecule has 0 saturated heterocycles. The molecule has 0 spiro atoms. The van der Waals surface area contributed by atoms with Crippen LogP contribution in [0.5, 0.6) is 0 Å². The Morgan fingerprint density at radius 3 is 2.53 bits per heavy atom. The predicted octanol–water partition coefficient (Wildman–Crippen LogP) is 4.44. The van der Waals surface area contributed by atoms with Gasteiger partial charge in [-0.15, -0.1) is 0 Å². The second-order valence-electron chi connectivity index (χ2n) is 5.17. The molecule has 0 N–H and O–H groups in total. The van der Waals surface area contributed by atoms with Crippen molar-refractivity contribution in [2.45, 2.75) is 31.6 Å². The van der Waals surface area contributed by atoms with Crippen LogP contribution in [0.4, 0.5) is 8.78 Å². The fourth-order valence-electron chi connectivity index (χ4n) is 2.76. The number of methoxy groups -OCH3 is 1. The summed E-state index contributed by atoms with van der Waals surface area (Å²) in [6, 6.07) is 4.29. The SMILES string of the molecule is COC/C=C/[C@H]1CC[C@H](c2ccc(F)c(F)c2)CC1. The molecule has 0 aromatic heterocycles. The highest BCUT2D eigenvalue weighted by Gasteiger charge is 2.21. The summed E-state index contributed by atoms with van der Waals surface area (Å²) in [5.41, 5.74) is 0.929. The van der Waals surface area contributed by atoms with Gasteiger partial charge in [-0.05, 0) is 55.2 Å². The maximum Gasteiger partial charge on any atom is 0.159 e. The van der Waals surface area contributed by atoms with Crippen LogP contribution in [0.1, 0.15) is 37.2 Å². The number of ether oxygens (including phenoxy) is 1. The van der Waals surface area contributed by atoms with Gasteiger partial charge < -0.3 is 4.74 Å². The molecule has 1 aliphatic rings. The lowest BCUT2D eigenvalue weighted by atomic mass is 9.78. The molecule has 0 heterocycles. The van der Waals surface area contributed by atoms with Crippen LogP contribution in [-0.4, -0.2) is 13.7 Å². The molecule has 1 aliphatic carbocycles. The summed E-state index contributed by atoms with van der Waals surface area (Å²) in [4.78, 5) is 0. The lowest BCUT2D eigenvalue weighted by molar-refractivity contribution is 0.233. The van der Waals surface area contributed by atoms with Gasteiger partial charge in [-0.2, -0.15) is 0 Å². The van der Waals surface area contributed by atoms with E-state index >= 15 is 0 Å². The van der Waals surface area contributed by atoms with Crippen LogP contribution < -0.4 is 0 Å².